The molecule has 2 fully saturated rings. The van der Waals surface area contributed by atoms with Crippen molar-refractivity contribution in [2.75, 3.05) is 52.8 Å². The summed E-state index contributed by atoms with van der Waals surface area (Å²) in [5.41, 5.74) is 1.20. The van der Waals surface area contributed by atoms with Crippen LogP contribution in [0.15, 0.2) is 18.2 Å². The number of ether oxygens (including phenoxy) is 4. The minimum Gasteiger partial charge on any atom is -0.454 e. The van der Waals surface area contributed by atoms with Crippen molar-refractivity contribution < 1.29 is 23.7 Å². The van der Waals surface area contributed by atoms with Crippen molar-refractivity contribution in [3.8, 4) is 11.5 Å². The highest BCUT2D eigenvalue weighted by molar-refractivity contribution is 5.81. The van der Waals surface area contributed by atoms with Crippen LogP contribution in [0.5, 0.6) is 11.5 Å². The second-order valence-electron chi connectivity index (χ2n) is 6.22. The van der Waals surface area contributed by atoms with Gasteiger partial charge in [0.15, 0.2) is 17.6 Å². The molecule has 0 saturated carbocycles. The number of rotatable bonds is 3. The van der Waals surface area contributed by atoms with Crippen LogP contribution in [-0.2, 0) is 20.8 Å². The minimum atomic E-state index is -0.431. The van der Waals surface area contributed by atoms with Crippen molar-refractivity contribution in [3.63, 3.8) is 0 Å². The lowest BCUT2D eigenvalue weighted by molar-refractivity contribution is -0.159. The molecule has 0 unspecified atom stereocenters. The highest BCUT2D eigenvalue weighted by Gasteiger charge is 2.29. The number of nitrogens with zero attached hydrogens (tertiary/aromatic N) is 2. The molecule has 3 aliphatic heterocycles. The van der Waals surface area contributed by atoms with Crippen molar-refractivity contribution in [1.82, 2.24) is 9.80 Å². The monoisotopic (exact) mass is 334 g/mol. The Hall–Kier alpha value is -1.83. The van der Waals surface area contributed by atoms with Crippen LogP contribution in [0.3, 0.4) is 0 Å². The molecule has 1 atom stereocenters. The number of carbonyl (C=O) groups excluding carboxylic acids is 1. The lowest BCUT2D eigenvalue weighted by Crippen LogP contribution is -2.53. The van der Waals surface area contributed by atoms with Gasteiger partial charge in [-0.2, -0.15) is 0 Å². The highest BCUT2D eigenvalue weighted by Crippen LogP contribution is 2.32. The summed E-state index contributed by atoms with van der Waals surface area (Å²) in [6.45, 7) is 5.76. The van der Waals surface area contributed by atoms with Crippen LogP contribution in [0.4, 0.5) is 0 Å². The molecule has 130 valence electrons. The van der Waals surface area contributed by atoms with Gasteiger partial charge < -0.3 is 23.8 Å². The first-order chi connectivity index (χ1) is 11.8. The molecule has 3 aliphatic rings. The zero-order chi connectivity index (χ0) is 16.4. The van der Waals surface area contributed by atoms with E-state index < -0.39 is 6.10 Å². The van der Waals surface area contributed by atoms with Gasteiger partial charge in [-0.3, -0.25) is 9.69 Å². The Morgan fingerprint density at radius 2 is 1.92 bits per heavy atom. The van der Waals surface area contributed by atoms with E-state index in [0.29, 0.717) is 26.6 Å². The number of fused-ring (bicyclic) bond motifs is 1. The van der Waals surface area contributed by atoms with Crippen LogP contribution in [0.1, 0.15) is 5.56 Å². The summed E-state index contributed by atoms with van der Waals surface area (Å²) < 4.78 is 21.6. The largest absolute Gasteiger partial charge is 0.454 e. The van der Waals surface area contributed by atoms with Crippen molar-refractivity contribution in [3.05, 3.63) is 23.8 Å². The molecular formula is C17H22N2O5. The van der Waals surface area contributed by atoms with Crippen LogP contribution < -0.4 is 9.47 Å². The molecule has 3 heterocycles. The summed E-state index contributed by atoms with van der Waals surface area (Å²) in [4.78, 5) is 16.6. The van der Waals surface area contributed by atoms with E-state index >= 15 is 0 Å². The summed E-state index contributed by atoms with van der Waals surface area (Å²) >= 11 is 0. The molecule has 7 heteroatoms. The molecule has 7 nitrogen and oxygen atoms in total. The third-order valence-electron chi connectivity index (χ3n) is 4.62. The van der Waals surface area contributed by atoms with Gasteiger partial charge in [0.2, 0.25) is 6.79 Å². The van der Waals surface area contributed by atoms with Gasteiger partial charge >= 0.3 is 0 Å². The molecule has 1 aromatic rings. The summed E-state index contributed by atoms with van der Waals surface area (Å²) in [5, 5.41) is 0. The number of benzene rings is 1. The predicted molar refractivity (Wildman–Crippen MR) is 85.0 cm³/mol. The van der Waals surface area contributed by atoms with Crippen LogP contribution in [-0.4, -0.2) is 74.6 Å². The maximum atomic E-state index is 12.4. The molecule has 24 heavy (non-hydrogen) atoms. The average molecular weight is 334 g/mol. The van der Waals surface area contributed by atoms with E-state index in [4.69, 9.17) is 18.9 Å². The predicted octanol–water partition coefficient (Wildman–Crippen LogP) is 0.475. The fourth-order valence-corrected chi connectivity index (χ4v) is 3.26. The van der Waals surface area contributed by atoms with E-state index in [1.165, 1.54) is 5.56 Å². The van der Waals surface area contributed by atoms with Gasteiger partial charge in [-0.25, -0.2) is 0 Å². The average Bonchev–Trinajstić information content (AvgIpc) is 3.10. The second kappa shape index (κ2) is 6.96. The Kier molecular flexibility index (Phi) is 4.55. The van der Waals surface area contributed by atoms with E-state index in [1.54, 1.807) is 0 Å². The van der Waals surface area contributed by atoms with Crippen molar-refractivity contribution in [2.45, 2.75) is 12.6 Å². The minimum absolute atomic E-state index is 0.0532. The Morgan fingerprint density at radius 3 is 2.71 bits per heavy atom. The molecular weight excluding hydrogens is 312 g/mol. The molecule has 1 amide bonds. The first kappa shape index (κ1) is 15.7. The van der Waals surface area contributed by atoms with E-state index in [1.807, 2.05) is 17.0 Å². The van der Waals surface area contributed by atoms with E-state index in [2.05, 4.69) is 11.0 Å². The molecule has 0 spiro atoms. The molecule has 4 rings (SSSR count). The molecule has 0 aromatic heterocycles. The summed E-state index contributed by atoms with van der Waals surface area (Å²) in [5.74, 6) is 1.68. The van der Waals surface area contributed by atoms with Crippen LogP contribution in [0, 0.1) is 0 Å². The first-order valence-electron chi connectivity index (χ1n) is 8.38. The fraction of sp³-hybridized carbons (Fsp3) is 0.588. The van der Waals surface area contributed by atoms with Gasteiger partial charge in [-0.15, -0.1) is 0 Å². The van der Waals surface area contributed by atoms with Crippen molar-refractivity contribution in [1.29, 1.82) is 0 Å². The standard InChI is InChI=1S/C17H22N2O5/c20-17(16-11-21-7-8-22-16)19-5-3-18(4-6-19)10-13-1-2-14-15(9-13)24-12-23-14/h1-2,9,16H,3-8,10-12H2/t16-/m1/s1. The smallest absolute Gasteiger partial charge is 0.254 e. The number of piperazine rings is 1. The normalized spacial score (nSPS) is 24.2. The first-order valence-corrected chi connectivity index (χ1v) is 8.38. The van der Waals surface area contributed by atoms with Gasteiger partial charge in [0, 0.05) is 32.7 Å². The Bertz CT molecular complexity index is 595. The van der Waals surface area contributed by atoms with E-state index in [9.17, 15) is 4.79 Å². The van der Waals surface area contributed by atoms with E-state index in [0.717, 1.165) is 44.2 Å². The molecule has 2 saturated heterocycles. The molecule has 0 radical (unpaired) electrons. The van der Waals surface area contributed by atoms with Crippen LogP contribution in [0.25, 0.3) is 0 Å². The Balaban J connectivity index is 1.29. The SMILES string of the molecule is O=C([C@H]1COCCO1)N1CCN(Cc2ccc3c(c2)OCO3)CC1. The topological polar surface area (TPSA) is 60.5 Å². The summed E-state index contributed by atoms with van der Waals surface area (Å²) in [6.07, 6.45) is -0.431. The Labute approximate surface area is 141 Å². The van der Waals surface area contributed by atoms with Gasteiger partial charge in [0.05, 0.1) is 19.8 Å². The highest BCUT2D eigenvalue weighted by atomic mass is 16.7. The number of carbonyl (C=O) groups is 1. The second-order valence-corrected chi connectivity index (χ2v) is 6.22. The van der Waals surface area contributed by atoms with Gasteiger partial charge in [-0.1, -0.05) is 6.07 Å². The maximum Gasteiger partial charge on any atom is 0.254 e. The summed E-state index contributed by atoms with van der Waals surface area (Å²) in [6, 6.07) is 6.06. The van der Waals surface area contributed by atoms with E-state index in [-0.39, 0.29) is 5.91 Å². The maximum absolute atomic E-state index is 12.4. The summed E-state index contributed by atoms with van der Waals surface area (Å²) in [7, 11) is 0. The molecule has 0 N–H and O–H groups in total. The molecule has 1 aromatic carbocycles. The van der Waals surface area contributed by atoms with Crippen LogP contribution >= 0.6 is 0 Å². The van der Waals surface area contributed by atoms with Crippen molar-refractivity contribution >= 4 is 5.91 Å². The zero-order valence-electron chi connectivity index (χ0n) is 13.6. The van der Waals surface area contributed by atoms with Crippen molar-refractivity contribution in [2.24, 2.45) is 0 Å². The number of hydrogen-bond donors (Lipinski definition) is 0. The molecule has 0 bridgehead atoms. The lowest BCUT2D eigenvalue weighted by Gasteiger charge is -2.37. The van der Waals surface area contributed by atoms with Gasteiger partial charge in [-0.05, 0) is 17.7 Å². The third-order valence-corrected chi connectivity index (χ3v) is 4.62. The number of hydrogen-bond acceptors (Lipinski definition) is 6. The van der Waals surface area contributed by atoms with Gasteiger partial charge in [0.25, 0.3) is 5.91 Å². The molecule has 0 aliphatic carbocycles. The van der Waals surface area contributed by atoms with Crippen LogP contribution in [0.2, 0.25) is 0 Å². The third kappa shape index (κ3) is 3.33. The van der Waals surface area contributed by atoms with Gasteiger partial charge in [0.1, 0.15) is 0 Å². The lowest BCUT2D eigenvalue weighted by atomic mass is 10.1. The quantitative estimate of drug-likeness (QED) is 0.801. The zero-order valence-corrected chi connectivity index (χ0v) is 13.6. The Morgan fingerprint density at radius 1 is 1.08 bits per heavy atom. The fourth-order valence-electron chi connectivity index (χ4n) is 3.26. The number of amides is 1.